The predicted octanol–water partition coefficient (Wildman–Crippen LogP) is -0.160. The molecule has 66 valence electrons. The second kappa shape index (κ2) is 3.72. The van der Waals surface area contributed by atoms with Crippen LogP contribution < -0.4 is 5.73 Å². The van der Waals surface area contributed by atoms with Crippen molar-refractivity contribution in [2.75, 3.05) is 26.2 Å². The number of morpholine rings is 1. The van der Waals surface area contributed by atoms with Crippen LogP contribution in [-0.4, -0.2) is 43.3 Å². The summed E-state index contributed by atoms with van der Waals surface area (Å²) in [6, 6.07) is 0.720. The Balaban J connectivity index is 0.000000605. The summed E-state index contributed by atoms with van der Waals surface area (Å²) in [4.78, 5) is 2.44. The van der Waals surface area contributed by atoms with E-state index in [9.17, 15) is 0 Å². The molecule has 2 unspecified atom stereocenters. The summed E-state index contributed by atoms with van der Waals surface area (Å²) in [5.41, 5.74) is 5.46. The number of hydrogen-bond acceptors (Lipinski definition) is 3. The molecule has 0 aromatic heterocycles. The van der Waals surface area contributed by atoms with Gasteiger partial charge in [0.15, 0.2) is 0 Å². The number of fused-ring (bicyclic) bond motifs is 1. The van der Waals surface area contributed by atoms with Gasteiger partial charge in [0.25, 0.3) is 0 Å². The minimum absolute atomic E-state index is 0. The first-order valence-corrected chi connectivity index (χ1v) is 3.97. The van der Waals surface area contributed by atoms with E-state index in [0.717, 1.165) is 32.3 Å². The van der Waals surface area contributed by atoms with Crippen molar-refractivity contribution in [3.63, 3.8) is 0 Å². The molecule has 4 heteroatoms. The normalized spacial score (nSPS) is 35.7. The molecule has 1 aliphatic heterocycles. The average Bonchev–Trinajstić information content (AvgIpc) is 2.67. The summed E-state index contributed by atoms with van der Waals surface area (Å²) in [7, 11) is 0. The van der Waals surface area contributed by atoms with E-state index in [4.69, 9.17) is 10.5 Å². The van der Waals surface area contributed by atoms with Gasteiger partial charge in [-0.15, -0.1) is 12.4 Å². The van der Waals surface area contributed by atoms with Crippen molar-refractivity contribution >= 4 is 12.4 Å². The molecule has 2 fully saturated rings. The molecule has 0 aromatic carbocycles. The second-order valence-electron chi connectivity index (χ2n) is 3.04. The monoisotopic (exact) mass is 178 g/mol. The van der Waals surface area contributed by atoms with Gasteiger partial charge in [0.2, 0.25) is 0 Å². The summed E-state index contributed by atoms with van der Waals surface area (Å²) in [5, 5.41) is 0. The highest BCUT2D eigenvalue weighted by Crippen LogP contribution is 2.33. The lowest BCUT2D eigenvalue weighted by Crippen LogP contribution is -2.39. The van der Waals surface area contributed by atoms with Crippen LogP contribution in [0.2, 0.25) is 0 Å². The van der Waals surface area contributed by atoms with E-state index in [1.54, 1.807) is 0 Å². The lowest BCUT2D eigenvalue weighted by molar-refractivity contribution is 0.0326. The van der Waals surface area contributed by atoms with Crippen molar-refractivity contribution < 1.29 is 4.74 Å². The van der Waals surface area contributed by atoms with E-state index in [0.29, 0.717) is 6.10 Å². The standard InChI is InChI=1S/C7H14N2O.ClH/c8-1-2-9-3-4-10-7-5-6(7)9;/h6-7H,1-5,8H2;1H. The number of rotatable bonds is 2. The van der Waals surface area contributed by atoms with Gasteiger partial charge in [0, 0.05) is 25.7 Å². The fourth-order valence-electron chi connectivity index (χ4n) is 1.65. The zero-order chi connectivity index (χ0) is 6.97. The summed E-state index contributed by atoms with van der Waals surface area (Å²) in [6.45, 7) is 3.81. The van der Waals surface area contributed by atoms with Gasteiger partial charge in [0.05, 0.1) is 12.7 Å². The average molecular weight is 179 g/mol. The molecule has 2 rings (SSSR count). The van der Waals surface area contributed by atoms with Crippen LogP contribution in [0.15, 0.2) is 0 Å². The Morgan fingerprint density at radius 1 is 1.55 bits per heavy atom. The Hall–Kier alpha value is 0.170. The minimum Gasteiger partial charge on any atom is -0.375 e. The van der Waals surface area contributed by atoms with Gasteiger partial charge in [-0.05, 0) is 6.42 Å². The van der Waals surface area contributed by atoms with Gasteiger partial charge >= 0.3 is 0 Å². The molecule has 1 saturated heterocycles. The van der Waals surface area contributed by atoms with Gasteiger partial charge in [0.1, 0.15) is 0 Å². The number of nitrogens with two attached hydrogens (primary N) is 1. The van der Waals surface area contributed by atoms with E-state index in [1.807, 2.05) is 0 Å². The van der Waals surface area contributed by atoms with Gasteiger partial charge < -0.3 is 10.5 Å². The Kier molecular flexibility index (Phi) is 3.13. The van der Waals surface area contributed by atoms with E-state index in [1.165, 1.54) is 6.42 Å². The third-order valence-corrected chi connectivity index (χ3v) is 2.30. The molecular formula is C7H15ClN2O. The molecule has 1 aliphatic carbocycles. The van der Waals surface area contributed by atoms with Crippen LogP contribution in [-0.2, 0) is 4.74 Å². The van der Waals surface area contributed by atoms with E-state index >= 15 is 0 Å². The predicted molar refractivity (Wildman–Crippen MR) is 46.0 cm³/mol. The number of ether oxygens (including phenoxy) is 1. The van der Waals surface area contributed by atoms with Crippen LogP contribution in [0.5, 0.6) is 0 Å². The smallest absolute Gasteiger partial charge is 0.0747 e. The summed E-state index contributed by atoms with van der Waals surface area (Å²) < 4.78 is 5.45. The molecule has 1 saturated carbocycles. The molecule has 0 radical (unpaired) electrons. The van der Waals surface area contributed by atoms with Crippen molar-refractivity contribution in [3.05, 3.63) is 0 Å². The number of nitrogens with zero attached hydrogens (tertiary/aromatic N) is 1. The van der Waals surface area contributed by atoms with Crippen LogP contribution in [0.1, 0.15) is 6.42 Å². The quantitative estimate of drug-likeness (QED) is 0.639. The van der Waals surface area contributed by atoms with Gasteiger partial charge in [-0.2, -0.15) is 0 Å². The van der Waals surface area contributed by atoms with Crippen molar-refractivity contribution in [2.45, 2.75) is 18.6 Å². The third kappa shape index (κ3) is 1.85. The lowest BCUT2D eigenvalue weighted by atomic mass is 10.4. The zero-order valence-electron chi connectivity index (χ0n) is 6.53. The summed E-state index contributed by atoms with van der Waals surface area (Å²) >= 11 is 0. The molecule has 2 aliphatic rings. The van der Waals surface area contributed by atoms with Crippen LogP contribution in [0.25, 0.3) is 0 Å². The van der Waals surface area contributed by atoms with E-state index < -0.39 is 0 Å². The maximum Gasteiger partial charge on any atom is 0.0747 e. The van der Waals surface area contributed by atoms with Crippen LogP contribution >= 0.6 is 12.4 Å². The maximum absolute atomic E-state index is 5.46. The van der Waals surface area contributed by atoms with Crippen LogP contribution in [0, 0.1) is 0 Å². The Morgan fingerprint density at radius 2 is 2.36 bits per heavy atom. The van der Waals surface area contributed by atoms with Crippen LogP contribution in [0.3, 0.4) is 0 Å². The molecule has 0 aromatic rings. The minimum atomic E-state index is 0. The first-order chi connectivity index (χ1) is 4.92. The molecule has 3 nitrogen and oxygen atoms in total. The van der Waals surface area contributed by atoms with Gasteiger partial charge in [-0.1, -0.05) is 0 Å². The number of hydrogen-bond donors (Lipinski definition) is 1. The van der Waals surface area contributed by atoms with Crippen LogP contribution in [0.4, 0.5) is 0 Å². The molecule has 11 heavy (non-hydrogen) atoms. The lowest BCUT2D eigenvalue weighted by Gasteiger charge is -2.25. The largest absolute Gasteiger partial charge is 0.375 e. The van der Waals surface area contributed by atoms with E-state index in [2.05, 4.69) is 4.90 Å². The summed E-state index contributed by atoms with van der Waals surface area (Å²) in [5.74, 6) is 0. The molecule has 2 N–H and O–H groups in total. The van der Waals surface area contributed by atoms with Crippen molar-refractivity contribution in [1.29, 1.82) is 0 Å². The Morgan fingerprint density at radius 3 is 3.09 bits per heavy atom. The van der Waals surface area contributed by atoms with E-state index in [-0.39, 0.29) is 12.4 Å². The van der Waals surface area contributed by atoms with Crippen molar-refractivity contribution in [2.24, 2.45) is 5.73 Å². The molecular weight excluding hydrogens is 164 g/mol. The second-order valence-corrected chi connectivity index (χ2v) is 3.04. The molecule has 2 atom stereocenters. The molecule has 0 bridgehead atoms. The number of halogens is 1. The van der Waals surface area contributed by atoms with Crippen molar-refractivity contribution in [1.82, 2.24) is 4.90 Å². The fraction of sp³-hybridized carbons (Fsp3) is 1.00. The first-order valence-electron chi connectivity index (χ1n) is 3.97. The van der Waals surface area contributed by atoms with Gasteiger partial charge in [-0.25, -0.2) is 0 Å². The highest BCUT2D eigenvalue weighted by molar-refractivity contribution is 5.85. The topological polar surface area (TPSA) is 38.5 Å². The van der Waals surface area contributed by atoms with Gasteiger partial charge in [-0.3, -0.25) is 4.90 Å². The molecule has 1 heterocycles. The SMILES string of the molecule is Cl.NCCN1CCOC2CC21. The maximum atomic E-state index is 5.46. The first kappa shape index (κ1) is 9.26. The Labute approximate surface area is 73.3 Å². The summed E-state index contributed by atoms with van der Waals surface area (Å²) in [6.07, 6.45) is 1.79. The fourth-order valence-corrected chi connectivity index (χ4v) is 1.65. The van der Waals surface area contributed by atoms with Crippen molar-refractivity contribution in [3.8, 4) is 0 Å². The highest BCUT2D eigenvalue weighted by atomic mass is 35.5. The Bertz CT molecular complexity index is 132. The molecule has 0 spiro atoms. The third-order valence-electron chi connectivity index (χ3n) is 2.30. The highest BCUT2D eigenvalue weighted by Gasteiger charge is 2.44. The zero-order valence-corrected chi connectivity index (χ0v) is 7.35. The molecule has 0 amide bonds.